The third kappa shape index (κ3) is 2.27. The zero-order valence-corrected chi connectivity index (χ0v) is 15.7. The number of rotatable bonds is 1. The van der Waals surface area contributed by atoms with Crippen LogP contribution in [0.5, 0.6) is 0 Å². The second-order valence-electron chi connectivity index (χ2n) is 8.50. The van der Waals surface area contributed by atoms with Gasteiger partial charge in [0.2, 0.25) is 0 Å². The molecule has 1 unspecified atom stereocenters. The second-order valence-corrected chi connectivity index (χ2v) is 8.50. The molecule has 1 aromatic heterocycles. The van der Waals surface area contributed by atoms with Crippen molar-refractivity contribution in [2.24, 2.45) is 11.3 Å². The lowest BCUT2D eigenvalue weighted by Gasteiger charge is -2.51. The summed E-state index contributed by atoms with van der Waals surface area (Å²) < 4.78 is 21.2. The third-order valence-corrected chi connectivity index (χ3v) is 6.89. The number of esters is 1. The highest BCUT2D eigenvalue weighted by atomic mass is 19.1. The van der Waals surface area contributed by atoms with Gasteiger partial charge in [-0.05, 0) is 61.6 Å². The summed E-state index contributed by atoms with van der Waals surface area (Å²) in [6.45, 7) is 4.22. The lowest BCUT2D eigenvalue weighted by atomic mass is 9.56. The summed E-state index contributed by atoms with van der Waals surface area (Å²) in [6.07, 6.45) is 8.71. The molecule has 0 bridgehead atoms. The van der Waals surface area contributed by atoms with E-state index in [2.05, 4.69) is 18.1 Å². The number of ether oxygens (including phenoxy) is 1. The number of hydrogen-bond acceptors (Lipinski definition) is 3. The van der Waals surface area contributed by atoms with Gasteiger partial charge in [-0.3, -0.25) is 4.79 Å². The quantitative estimate of drug-likeness (QED) is 0.700. The van der Waals surface area contributed by atoms with Crippen molar-refractivity contribution in [2.75, 3.05) is 0 Å². The van der Waals surface area contributed by atoms with Gasteiger partial charge in [-0.1, -0.05) is 19.4 Å². The lowest BCUT2D eigenvalue weighted by molar-refractivity contribution is -0.162. The van der Waals surface area contributed by atoms with Gasteiger partial charge in [-0.15, -0.1) is 0 Å². The molecule has 3 atom stereocenters. The number of carbonyl (C=O) groups excluding carboxylic acids is 1. The van der Waals surface area contributed by atoms with Crippen LogP contribution in [-0.4, -0.2) is 21.4 Å². The van der Waals surface area contributed by atoms with Crippen LogP contribution in [0, 0.1) is 17.2 Å². The number of halogens is 1. The predicted molar refractivity (Wildman–Crippen MR) is 99.8 cm³/mol. The summed E-state index contributed by atoms with van der Waals surface area (Å²) in [7, 11) is 0. The smallest absolute Gasteiger partial charge is 0.309 e. The van der Waals surface area contributed by atoms with Crippen LogP contribution in [0.1, 0.15) is 50.8 Å². The van der Waals surface area contributed by atoms with Crippen LogP contribution in [0.15, 0.2) is 36.0 Å². The van der Waals surface area contributed by atoms with Gasteiger partial charge in [-0.25, -0.2) is 9.07 Å². The Kier molecular flexibility index (Phi) is 3.43. The maximum Gasteiger partial charge on any atom is 0.309 e. The van der Waals surface area contributed by atoms with Gasteiger partial charge in [-0.2, -0.15) is 5.10 Å². The molecule has 5 rings (SSSR count). The summed E-state index contributed by atoms with van der Waals surface area (Å²) in [5, 5.41) is 4.57. The molecule has 2 aliphatic carbocycles. The number of carbonyl (C=O) groups is 1. The molecule has 0 radical (unpaired) electrons. The van der Waals surface area contributed by atoms with Crippen LogP contribution in [0.25, 0.3) is 11.8 Å². The number of fused-ring (bicyclic) bond motifs is 3. The molecule has 2 heterocycles. The average molecular weight is 366 g/mol. The highest BCUT2D eigenvalue weighted by Gasteiger charge is 2.60. The van der Waals surface area contributed by atoms with Crippen molar-refractivity contribution in [2.45, 2.75) is 51.6 Å². The minimum atomic E-state index is -0.400. The monoisotopic (exact) mass is 366 g/mol. The Bertz CT molecular complexity index is 961. The summed E-state index contributed by atoms with van der Waals surface area (Å²) in [5.74, 6) is -0.355. The fraction of sp³-hybridized carbons (Fsp3) is 0.455. The molecule has 27 heavy (non-hydrogen) atoms. The zero-order chi connectivity index (χ0) is 18.8. The summed E-state index contributed by atoms with van der Waals surface area (Å²) >= 11 is 0. The minimum absolute atomic E-state index is 0.0375. The van der Waals surface area contributed by atoms with Gasteiger partial charge in [0.1, 0.15) is 11.4 Å². The molecule has 0 N–H and O–H groups in total. The van der Waals surface area contributed by atoms with Crippen LogP contribution < -0.4 is 0 Å². The molecule has 1 saturated heterocycles. The van der Waals surface area contributed by atoms with Crippen molar-refractivity contribution < 1.29 is 13.9 Å². The highest BCUT2D eigenvalue weighted by Crippen LogP contribution is 2.59. The molecule has 2 fully saturated rings. The number of aromatic nitrogens is 2. The van der Waals surface area contributed by atoms with Crippen molar-refractivity contribution in [1.82, 2.24) is 9.78 Å². The first-order valence-corrected chi connectivity index (χ1v) is 9.69. The van der Waals surface area contributed by atoms with Gasteiger partial charge >= 0.3 is 5.97 Å². The first kappa shape index (κ1) is 16.7. The molecule has 140 valence electrons. The van der Waals surface area contributed by atoms with E-state index >= 15 is 0 Å². The maximum atomic E-state index is 13.3. The van der Waals surface area contributed by atoms with Gasteiger partial charge in [0, 0.05) is 11.8 Å². The maximum absolute atomic E-state index is 13.3. The van der Waals surface area contributed by atoms with E-state index in [9.17, 15) is 9.18 Å². The van der Waals surface area contributed by atoms with E-state index < -0.39 is 5.60 Å². The molecule has 5 heteroatoms. The number of hydrogen-bond donors (Lipinski definition) is 0. The SMILES string of the molecule is CC1C[C@@]2(CCCC3=Cc4c(cnn4-c4ccc(F)cc4)C[C@@]32C)OC1=O. The summed E-state index contributed by atoms with van der Waals surface area (Å²) in [5.41, 5.74) is 3.82. The first-order valence-electron chi connectivity index (χ1n) is 9.69. The number of benzene rings is 1. The van der Waals surface area contributed by atoms with Crippen LogP contribution in [0.2, 0.25) is 0 Å². The normalized spacial score (nSPS) is 32.0. The molecule has 4 nitrogen and oxygen atoms in total. The van der Waals surface area contributed by atoms with Gasteiger partial charge in [0.25, 0.3) is 0 Å². The van der Waals surface area contributed by atoms with Crippen molar-refractivity contribution >= 4 is 12.0 Å². The molecule has 0 amide bonds. The van der Waals surface area contributed by atoms with Gasteiger partial charge < -0.3 is 4.74 Å². The van der Waals surface area contributed by atoms with E-state index in [0.717, 1.165) is 49.0 Å². The zero-order valence-electron chi connectivity index (χ0n) is 15.7. The molecular weight excluding hydrogens is 343 g/mol. The van der Waals surface area contributed by atoms with Crippen molar-refractivity contribution in [3.8, 4) is 5.69 Å². The molecule has 3 aliphatic rings. The lowest BCUT2D eigenvalue weighted by Crippen LogP contribution is -2.52. The van der Waals surface area contributed by atoms with Crippen molar-refractivity contribution in [1.29, 1.82) is 0 Å². The fourth-order valence-corrected chi connectivity index (χ4v) is 5.33. The Hall–Kier alpha value is -2.43. The van der Waals surface area contributed by atoms with Gasteiger partial charge in [0.15, 0.2) is 0 Å². The Morgan fingerprint density at radius 3 is 2.78 bits per heavy atom. The van der Waals surface area contributed by atoms with Crippen molar-refractivity contribution in [3.63, 3.8) is 0 Å². The molecule has 1 saturated carbocycles. The Balaban J connectivity index is 1.59. The van der Waals surface area contributed by atoms with E-state index in [0.29, 0.717) is 0 Å². The van der Waals surface area contributed by atoms with Crippen LogP contribution in [0.4, 0.5) is 4.39 Å². The standard InChI is InChI=1S/C22H23FN2O2/c1-14-11-22(27-20(14)26)9-3-4-16-10-19-15(12-21(16,22)2)13-24-25(19)18-7-5-17(23)6-8-18/h5-8,10,13-14H,3-4,9,11-12H2,1-2H3/t14?,21-,22+/m0/s1. The first-order chi connectivity index (χ1) is 12.9. The van der Waals surface area contributed by atoms with Crippen LogP contribution in [0.3, 0.4) is 0 Å². The van der Waals surface area contributed by atoms with Gasteiger partial charge in [0.05, 0.1) is 23.5 Å². The largest absolute Gasteiger partial charge is 0.458 e. The second kappa shape index (κ2) is 5.54. The molecule has 1 aliphatic heterocycles. The van der Waals surface area contributed by atoms with E-state index in [1.165, 1.54) is 17.7 Å². The summed E-state index contributed by atoms with van der Waals surface area (Å²) in [6, 6.07) is 6.41. The van der Waals surface area contributed by atoms with Crippen LogP contribution in [-0.2, 0) is 16.0 Å². The number of nitrogens with zero attached hydrogens (tertiary/aromatic N) is 2. The van der Waals surface area contributed by atoms with E-state index in [-0.39, 0.29) is 23.1 Å². The summed E-state index contributed by atoms with van der Waals surface area (Å²) in [4.78, 5) is 12.2. The highest BCUT2D eigenvalue weighted by molar-refractivity contribution is 5.76. The van der Waals surface area contributed by atoms with Crippen molar-refractivity contribution in [3.05, 3.63) is 53.1 Å². The fourth-order valence-electron chi connectivity index (χ4n) is 5.33. The van der Waals surface area contributed by atoms with Crippen LogP contribution >= 0.6 is 0 Å². The Morgan fingerprint density at radius 1 is 1.30 bits per heavy atom. The Morgan fingerprint density at radius 2 is 2.07 bits per heavy atom. The molecular formula is C22H23FN2O2. The average Bonchev–Trinajstić information content (AvgIpc) is 3.16. The Labute approximate surface area is 158 Å². The van der Waals surface area contributed by atoms with E-state index in [1.54, 1.807) is 12.1 Å². The topological polar surface area (TPSA) is 44.1 Å². The minimum Gasteiger partial charge on any atom is -0.458 e. The third-order valence-electron chi connectivity index (χ3n) is 6.89. The van der Waals surface area contributed by atoms with E-state index in [4.69, 9.17) is 4.74 Å². The molecule has 2 aromatic rings. The molecule has 1 spiro atoms. The predicted octanol–water partition coefficient (Wildman–Crippen LogP) is 4.46. The van der Waals surface area contributed by atoms with E-state index in [1.807, 2.05) is 17.8 Å². The molecule has 1 aromatic carbocycles.